The molecule has 2 aliphatic heterocycles. The van der Waals surface area contributed by atoms with E-state index in [9.17, 15) is 9.59 Å². The van der Waals surface area contributed by atoms with Gasteiger partial charge in [-0.2, -0.15) is 11.3 Å². The molecule has 0 aromatic carbocycles. The van der Waals surface area contributed by atoms with Gasteiger partial charge in [0.25, 0.3) is 0 Å². The van der Waals surface area contributed by atoms with Gasteiger partial charge < -0.3 is 14.7 Å². The van der Waals surface area contributed by atoms with Crippen LogP contribution >= 0.6 is 11.3 Å². The monoisotopic (exact) mass is 307 g/mol. The Balaban J connectivity index is 1.68. The van der Waals surface area contributed by atoms with E-state index in [2.05, 4.69) is 0 Å². The van der Waals surface area contributed by atoms with Crippen LogP contribution < -0.4 is 4.90 Å². The third kappa shape index (κ3) is 2.82. The molecule has 0 radical (unpaired) electrons. The number of likely N-dealkylation sites (tertiary alicyclic amines) is 1. The fourth-order valence-corrected chi connectivity index (χ4v) is 3.98. The lowest BCUT2D eigenvalue weighted by molar-refractivity contribution is -0.131. The normalized spacial score (nSPS) is 25.6. The molecule has 1 atom stereocenters. The van der Waals surface area contributed by atoms with Crippen LogP contribution in [-0.2, 0) is 9.59 Å². The zero-order valence-electron chi connectivity index (χ0n) is 12.5. The van der Waals surface area contributed by atoms with Crippen molar-refractivity contribution in [1.29, 1.82) is 0 Å². The molecule has 1 spiro atoms. The van der Waals surface area contributed by atoms with E-state index in [0.717, 1.165) is 25.2 Å². The molecule has 3 heterocycles. The molecule has 1 aromatic rings. The number of amides is 2. The first kappa shape index (κ1) is 14.5. The molecule has 0 bridgehead atoms. The largest absolute Gasteiger partial charge is 0.341 e. The maximum absolute atomic E-state index is 12.3. The highest BCUT2D eigenvalue weighted by atomic mass is 32.1. The van der Waals surface area contributed by atoms with Crippen molar-refractivity contribution in [1.82, 2.24) is 9.80 Å². The van der Waals surface area contributed by atoms with Crippen molar-refractivity contribution in [2.75, 3.05) is 45.2 Å². The van der Waals surface area contributed by atoms with Crippen LogP contribution in [0.2, 0.25) is 0 Å². The van der Waals surface area contributed by atoms with Gasteiger partial charge >= 0.3 is 0 Å². The van der Waals surface area contributed by atoms with Gasteiger partial charge in [-0.05, 0) is 32.0 Å². The highest BCUT2D eigenvalue weighted by Gasteiger charge is 2.48. The predicted molar refractivity (Wildman–Crippen MR) is 83.5 cm³/mol. The first-order chi connectivity index (χ1) is 9.99. The summed E-state index contributed by atoms with van der Waals surface area (Å²) in [6.07, 6.45) is 1.49. The first-order valence-electron chi connectivity index (χ1n) is 7.24. The average Bonchev–Trinajstić information content (AvgIpc) is 3.10. The number of carbonyl (C=O) groups excluding carboxylic acids is 2. The number of hydrogen-bond acceptors (Lipinski definition) is 4. The number of rotatable bonds is 3. The molecule has 1 aromatic heterocycles. The van der Waals surface area contributed by atoms with Crippen molar-refractivity contribution in [3.63, 3.8) is 0 Å². The Hall–Kier alpha value is -1.40. The lowest BCUT2D eigenvalue weighted by atomic mass is 9.86. The maximum Gasteiger partial charge on any atom is 0.236 e. The summed E-state index contributed by atoms with van der Waals surface area (Å²) in [6.45, 7) is 2.68. The Bertz CT molecular complexity index is 543. The lowest BCUT2D eigenvalue weighted by Gasteiger charge is -2.24. The molecule has 2 fully saturated rings. The van der Waals surface area contributed by atoms with E-state index in [0.29, 0.717) is 19.5 Å². The second kappa shape index (κ2) is 5.42. The van der Waals surface area contributed by atoms with Gasteiger partial charge in [0.05, 0.1) is 12.2 Å². The topological polar surface area (TPSA) is 43.9 Å². The lowest BCUT2D eigenvalue weighted by Crippen LogP contribution is -2.38. The van der Waals surface area contributed by atoms with Crippen molar-refractivity contribution in [2.24, 2.45) is 5.41 Å². The summed E-state index contributed by atoms with van der Waals surface area (Å²) in [7, 11) is 3.81. The van der Waals surface area contributed by atoms with Crippen LogP contribution in [0.1, 0.15) is 12.8 Å². The van der Waals surface area contributed by atoms with Crippen LogP contribution in [0, 0.1) is 5.41 Å². The third-order valence-electron chi connectivity index (χ3n) is 4.38. The molecule has 21 heavy (non-hydrogen) atoms. The molecule has 2 aliphatic rings. The van der Waals surface area contributed by atoms with E-state index < -0.39 is 0 Å². The SMILES string of the molecule is CN(C)CC(=O)N1CC[C@]2(CC(=O)N(c3ccsc3)C2)C1. The number of anilines is 1. The van der Waals surface area contributed by atoms with Crippen LogP contribution in [0.3, 0.4) is 0 Å². The Labute approximate surface area is 129 Å². The van der Waals surface area contributed by atoms with Crippen LogP contribution in [-0.4, -0.2) is 61.9 Å². The van der Waals surface area contributed by atoms with Crippen molar-refractivity contribution in [2.45, 2.75) is 12.8 Å². The summed E-state index contributed by atoms with van der Waals surface area (Å²) in [4.78, 5) is 30.2. The van der Waals surface area contributed by atoms with Crippen molar-refractivity contribution in [3.05, 3.63) is 16.8 Å². The molecule has 2 saturated heterocycles. The van der Waals surface area contributed by atoms with Gasteiger partial charge in [-0.25, -0.2) is 0 Å². The molecule has 5 nitrogen and oxygen atoms in total. The van der Waals surface area contributed by atoms with Crippen LogP contribution in [0.25, 0.3) is 0 Å². The van der Waals surface area contributed by atoms with E-state index in [1.54, 1.807) is 11.3 Å². The van der Waals surface area contributed by atoms with E-state index in [-0.39, 0.29) is 17.2 Å². The van der Waals surface area contributed by atoms with Crippen LogP contribution in [0.15, 0.2) is 16.8 Å². The summed E-state index contributed by atoms with van der Waals surface area (Å²) in [5, 5.41) is 4.01. The minimum absolute atomic E-state index is 0.0407. The van der Waals surface area contributed by atoms with E-state index >= 15 is 0 Å². The number of hydrogen-bond donors (Lipinski definition) is 0. The Kier molecular flexibility index (Phi) is 3.75. The molecular formula is C15H21N3O2S. The smallest absolute Gasteiger partial charge is 0.236 e. The van der Waals surface area contributed by atoms with Gasteiger partial charge in [-0.1, -0.05) is 0 Å². The Morgan fingerprint density at radius 1 is 1.43 bits per heavy atom. The summed E-state index contributed by atoms with van der Waals surface area (Å²) < 4.78 is 0. The summed E-state index contributed by atoms with van der Waals surface area (Å²) in [6, 6.07) is 1.99. The molecule has 0 unspecified atom stereocenters. The quantitative estimate of drug-likeness (QED) is 0.844. The Morgan fingerprint density at radius 3 is 2.90 bits per heavy atom. The highest BCUT2D eigenvalue weighted by Crippen LogP contribution is 2.42. The van der Waals surface area contributed by atoms with E-state index in [1.807, 2.05) is 45.6 Å². The minimum atomic E-state index is -0.0407. The van der Waals surface area contributed by atoms with Gasteiger partial charge in [0.2, 0.25) is 11.8 Å². The van der Waals surface area contributed by atoms with Crippen LogP contribution in [0.4, 0.5) is 5.69 Å². The summed E-state index contributed by atoms with van der Waals surface area (Å²) in [5.74, 6) is 0.355. The molecular weight excluding hydrogens is 286 g/mol. The number of thiophene rings is 1. The second-order valence-corrected chi connectivity index (χ2v) is 7.22. The summed E-state index contributed by atoms with van der Waals surface area (Å²) >= 11 is 1.61. The molecule has 2 amide bonds. The summed E-state index contributed by atoms with van der Waals surface area (Å²) in [5.41, 5.74) is 0.959. The second-order valence-electron chi connectivity index (χ2n) is 6.44. The van der Waals surface area contributed by atoms with Crippen molar-refractivity contribution in [3.8, 4) is 0 Å². The molecule has 3 rings (SSSR count). The van der Waals surface area contributed by atoms with E-state index in [4.69, 9.17) is 0 Å². The van der Waals surface area contributed by atoms with Crippen molar-refractivity contribution < 1.29 is 9.59 Å². The number of likely N-dealkylation sites (N-methyl/N-ethyl adjacent to an activating group) is 1. The van der Waals surface area contributed by atoms with Gasteiger partial charge in [0, 0.05) is 36.9 Å². The van der Waals surface area contributed by atoms with Gasteiger partial charge in [-0.3, -0.25) is 9.59 Å². The maximum atomic E-state index is 12.3. The Morgan fingerprint density at radius 2 is 2.24 bits per heavy atom. The molecule has 114 valence electrons. The molecule has 0 N–H and O–H groups in total. The van der Waals surface area contributed by atoms with Crippen LogP contribution in [0.5, 0.6) is 0 Å². The predicted octanol–water partition coefficient (Wildman–Crippen LogP) is 1.27. The van der Waals surface area contributed by atoms with Gasteiger partial charge in [-0.15, -0.1) is 0 Å². The zero-order chi connectivity index (χ0) is 15.0. The fourth-order valence-electron chi connectivity index (χ4n) is 3.33. The molecule has 0 aliphatic carbocycles. The number of nitrogens with zero attached hydrogens (tertiary/aromatic N) is 3. The standard InChI is InChI=1S/C15H21N3O2S/c1-16(2)8-14(20)17-5-4-15(10-17)7-13(19)18(11-15)12-3-6-21-9-12/h3,6,9H,4-5,7-8,10-11H2,1-2H3/t15-/m0/s1. The first-order valence-corrected chi connectivity index (χ1v) is 8.18. The van der Waals surface area contributed by atoms with Gasteiger partial charge in [0.15, 0.2) is 0 Å². The third-order valence-corrected chi connectivity index (χ3v) is 5.05. The van der Waals surface area contributed by atoms with Crippen molar-refractivity contribution >= 4 is 28.8 Å². The highest BCUT2D eigenvalue weighted by molar-refractivity contribution is 7.08. The zero-order valence-corrected chi connectivity index (χ0v) is 13.4. The molecule has 0 saturated carbocycles. The average molecular weight is 307 g/mol. The fraction of sp³-hybridized carbons (Fsp3) is 0.600. The minimum Gasteiger partial charge on any atom is -0.341 e. The van der Waals surface area contributed by atoms with E-state index in [1.165, 1.54) is 0 Å². The number of carbonyl (C=O) groups is 2. The van der Waals surface area contributed by atoms with Gasteiger partial charge in [0.1, 0.15) is 0 Å². The molecule has 6 heteroatoms.